The second-order valence-corrected chi connectivity index (χ2v) is 7.00. The number of halogens is 1. The van der Waals surface area contributed by atoms with E-state index in [-0.39, 0.29) is 18.1 Å². The van der Waals surface area contributed by atoms with E-state index in [9.17, 15) is 12.8 Å². The standard InChI is InChI=1S/C17H15FN2O2S/c18-15-7-5-13(6-8-15)12-23(21,22)20-11-14-9-10-19-17-4-2-1-3-16(14)17/h1-10,20H,11-12H2. The minimum atomic E-state index is -3.51. The molecule has 0 aliphatic carbocycles. The number of benzene rings is 2. The van der Waals surface area contributed by atoms with Crippen LogP contribution in [0.15, 0.2) is 60.8 Å². The highest BCUT2D eigenvalue weighted by Gasteiger charge is 2.12. The number of para-hydroxylation sites is 1. The van der Waals surface area contributed by atoms with Crippen LogP contribution in [0.1, 0.15) is 11.1 Å². The summed E-state index contributed by atoms with van der Waals surface area (Å²) in [6.45, 7) is 0.187. The number of hydrogen-bond acceptors (Lipinski definition) is 3. The Labute approximate surface area is 134 Å². The van der Waals surface area contributed by atoms with E-state index in [0.717, 1.165) is 16.5 Å². The zero-order valence-corrected chi connectivity index (χ0v) is 13.1. The lowest BCUT2D eigenvalue weighted by Crippen LogP contribution is -2.24. The molecule has 0 bridgehead atoms. The van der Waals surface area contributed by atoms with Crippen LogP contribution in [0.4, 0.5) is 4.39 Å². The average Bonchev–Trinajstić information content (AvgIpc) is 2.55. The van der Waals surface area contributed by atoms with Gasteiger partial charge in [0.05, 0.1) is 11.3 Å². The van der Waals surface area contributed by atoms with Crippen molar-refractivity contribution in [2.75, 3.05) is 0 Å². The van der Waals surface area contributed by atoms with Crippen molar-refractivity contribution in [2.45, 2.75) is 12.3 Å². The van der Waals surface area contributed by atoms with Gasteiger partial charge in [0, 0.05) is 18.1 Å². The number of hydrogen-bond donors (Lipinski definition) is 1. The number of nitrogens with zero attached hydrogens (tertiary/aromatic N) is 1. The van der Waals surface area contributed by atoms with Crippen molar-refractivity contribution in [2.24, 2.45) is 0 Å². The van der Waals surface area contributed by atoms with Crippen LogP contribution in [0.3, 0.4) is 0 Å². The second kappa shape index (κ2) is 6.44. The van der Waals surface area contributed by atoms with Crippen LogP contribution in [0.5, 0.6) is 0 Å². The van der Waals surface area contributed by atoms with E-state index in [1.165, 1.54) is 24.3 Å². The largest absolute Gasteiger partial charge is 0.256 e. The first-order valence-electron chi connectivity index (χ1n) is 7.08. The van der Waals surface area contributed by atoms with Gasteiger partial charge in [-0.1, -0.05) is 30.3 Å². The third-order valence-electron chi connectivity index (χ3n) is 3.49. The normalized spacial score (nSPS) is 11.7. The number of pyridine rings is 1. The third-order valence-corrected chi connectivity index (χ3v) is 4.79. The first-order chi connectivity index (χ1) is 11.0. The fourth-order valence-electron chi connectivity index (χ4n) is 2.35. The second-order valence-electron chi connectivity index (χ2n) is 5.19. The molecule has 0 radical (unpaired) electrons. The Morgan fingerprint density at radius 3 is 2.52 bits per heavy atom. The molecule has 0 amide bonds. The summed E-state index contributed by atoms with van der Waals surface area (Å²) in [7, 11) is -3.51. The molecule has 1 N–H and O–H groups in total. The molecule has 2 aromatic carbocycles. The van der Waals surface area contributed by atoms with Gasteiger partial charge in [0.25, 0.3) is 0 Å². The van der Waals surface area contributed by atoms with Crippen molar-refractivity contribution >= 4 is 20.9 Å². The van der Waals surface area contributed by atoms with Crippen LogP contribution in [-0.2, 0) is 22.3 Å². The molecule has 0 unspecified atom stereocenters. The minimum Gasteiger partial charge on any atom is -0.256 e. The zero-order chi connectivity index (χ0) is 16.3. The van der Waals surface area contributed by atoms with Crippen LogP contribution in [0.25, 0.3) is 10.9 Å². The molecule has 0 atom stereocenters. The highest BCUT2D eigenvalue weighted by Crippen LogP contribution is 2.16. The Morgan fingerprint density at radius 2 is 1.74 bits per heavy atom. The molecular weight excluding hydrogens is 315 g/mol. The van der Waals surface area contributed by atoms with Crippen molar-refractivity contribution in [1.29, 1.82) is 0 Å². The van der Waals surface area contributed by atoms with Crippen molar-refractivity contribution in [3.05, 3.63) is 77.7 Å². The summed E-state index contributed by atoms with van der Waals surface area (Å²) < 4.78 is 39.8. The van der Waals surface area contributed by atoms with E-state index in [0.29, 0.717) is 5.56 Å². The predicted octanol–water partition coefficient (Wildman–Crippen LogP) is 2.99. The smallest absolute Gasteiger partial charge is 0.216 e. The molecule has 0 aliphatic heterocycles. The number of rotatable bonds is 5. The lowest BCUT2D eigenvalue weighted by Gasteiger charge is -2.09. The summed E-state index contributed by atoms with van der Waals surface area (Å²) in [6.07, 6.45) is 1.66. The van der Waals surface area contributed by atoms with Gasteiger partial charge in [-0.3, -0.25) is 4.98 Å². The maximum absolute atomic E-state index is 12.9. The SMILES string of the molecule is O=S(=O)(Cc1ccc(F)cc1)NCc1ccnc2ccccc12. The minimum absolute atomic E-state index is 0.184. The van der Waals surface area contributed by atoms with Gasteiger partial charge >= 0.3 is 0 Å². The van der Waals surface area contributed by atoms with E-state index in [4.69, 9.17) is 0 Å². The van der Waals surface area contributed by atoms with E-state index in [1.54, 1.807) is 12.3 Å². The maximum atomic E-state index is 12.9. The van der Waals surface area contributed by atoms with Crippen molar-refractivity contribution in [3.63, 3.8) is 0 Å². The lowest BCUT2D eigenvalue weighted by molar-refractivity contribution is 0.580. The van der Waals surface area contributed by atoms with Crippen molar-refractivity contribution < 1.29 is 12.8 Å². The fourth-order valence-corrected chi connectivity index (χ4v) is 3.46. The number of nitrogens with one attached hydrogen (secondary N) is 1. The molecule has 3 rings (SSSR count). The van der Waals surface area contributed by atoms with E-state index < -0.39 is 10.0 Å². The maximum Gasteiger partial charge on any atom is 0.216 e. The molecular formula is C17H15FN2O2S. The first-order valence-corrected chi connectivity index (χ1v) is 8.73. The van der Waals surface area contributed by atoms with E-state index in [1.807, 2.05) is 24.3 Å². The molecule has 4 nitrogen and oxygen atoms in total. The summed E-state index contributed by atoms with van der Waals surface area (Å²) in [5.41, 5.74) is 2.22. The molecule has 0 spiro atoms. The van der Waals surface area contributed by atoms with Gasteiger partial charge < -0.3 is 0 Å². The van der Waals surface area contributed by atoms with E-state index >= 15 is 0 Å². The van der Waals surface area contributed by atoms with Crippen LogP contribution in [0, 0.1) is 5.82 Å². The molecule has 6 heteroatoms. The number of sulfonamides is 1. The highest BCUT2D eigenvalue weighted by molar-refractivity contribution is 7.88. The summed E-state index contributed by atoms with van der Waals surface area (Å²) in [5, 5.41) is 0.916. The predicted molar refractivity (Wildman–Crippen MR) is 87.6 cm³/mol. The topological polar surface area (TPSA) is 59.1 Å². The number of fused-ring (bicyclic) bond motifs is 1. The molecule has 23 heavy (non-hydrogen) atoms. The Balaban J connectivity index is 1.74. The Kier molecular flexibility index (Phi) is 4.36. The summed E-state index contributed by atoms with van der Waals surface area (Å²) in [4.78, 5) is 4.25. The molecule has 0 saturated carbocycles. The van der Waals surface area contributed by atoms with Gasteiger partial charge in [-0.15, -0.1) is 0 Å². The Hall–Kier alpha value is -2.31. The molecule has 1 aromatic heterocycles. The molecule has 0 saturated heterocycles. The van der Waals surface area contributed by atoms with Crippen LogP contribution >= 0.6 is 0 Å². The third kappa shape index (κ3) is 3.91. The fraction of sp³-hybridized carbons (Fsp3) is 0.118. The van der Waals surface area contributed by atoms with Gasteiger partial charge in [0.2, 0.25) is 10.0 Å². The average molecular weight is 330 g/mol. The van der Waals surface area contributed by atoms with Crippen LogP contribution in [-0.4, -0.2) is 13.4 Å². The van der Waals surface area contributed by atoms with Gasteiger partial charge in [-0.05, 0) is 35.4 Å². The van der Waals surface area contributed by atoms with Gasteiger partial charge in [0.1, 0.15) is 5.82 Å². The Bertz CT molecular complexity index is 919. The molecule has 3 aromatic rings. The van der Waals surface area contributed by atoms with Gasteiger partial charge in [0.15, 0.2) is 0 Å². The molecule has 118 valence electrons. The van der Waals surface area contributed by atoms with Crippen molar-refractivity contribution in [3.8, 4) is 0 Å². The summed E-state index contributed by atoms with van der Waals surface area (Å²) in [6, 6.07) is 14.8. The van der Waals surface area contributed by atoms with E-state index in [2.05, 4.69) is 9.71 Å². The molecule has 0 aliphatic rings. The lowest BCUT2D eigenvalue weighted by atomic mass is 10.1. The van der Waals surface area contributed by atoms with Crippen molar-refractivity contribution in [1.82, 2.24) is 9.71 Å². The highest BCUT2D eigenvalue weighted by atomic mass is 32.2. The summed E-state index contributed by atoms with van der Waals surface area (Å²) in [5.74, 6) is -0.571. The van der Waals surface area contributed by atoms with Crippen LogP contribution in [0.2, 0.25) is 0 Å². The Morgan fingerprint density at radius 1 is 1.00 bits per heavy atom. The first kappa shape index (κ1) is 15.6. The molecule has 1 heterocycles. The van der Waals surface area contributed by atoms with Gasteiger partial charge in [-0.25, -0.2) is 17.5 Å². The zero-order valence-electron chi connectivity index (χ0n) is 12.2. The monoisotopic (exact) mass is 330 g/mol. The number of aromatic nitrogens is 1. The summed E-state index contributed by atoms with van der Waals surface area (Å²) >= 11 is 0. The van der Waals surface area contributed by atoms with Gasteiger partial charge in [-0.2, -0.15) is 0 Å². The van der Waals surface area contributed by atoms with Crippen LogP contribution < -0.4 is 4.72 Å². The molecule has 0 fully saturated rings. The quantitative estimate of drug-likeness (QED) is 0.782.